The Hall–Kier alpha value is -2.83. The van der Waals surface area contributed by atoms with Crippen LogP contribution in [0.3, 0.4) is 0 Å². The lowest BCUT2D eigenvalue weighted by molar-refractivity contribution is 0.0677. The van der Waals surface area contributed by atoms with Crippen LogP contribution < -0.4 is 14.8 Å². The number of carbonyl (C=O) groups is 1. The van der Waals surface area contributed by atoms with Gasteiger partial charge in [-0.05, 0) is 43.9 Å². The lowest BCUT2D eigenvalue weighted by Gasteiger charge is -2.30. The summed E-state index contributed by atoms with van der Waals surface area (Å²) in [4.78, 5) is 23.6. The van der Waals surface area contributed by atoms with Gasteiger partial charge in [-0.25, -0.2) is 9.97 Å². The predicted molar refractivity (Wildman–Crippen MR) is 96.9 cm³/mol. The fourth-order valence-electron chi connectivity index (χ4n) is 3.37. The van der Waals surface area contributed by atoms with Crippen LogP contribution in [-0.2, 0) is 0 Å². The number of aromatic nitrogens is 2. The molecule has 1 unspecified atom stereocenters. The van der Waals surface area contributed by atoms with E-state index in [4.69, 9.17) is 9.47 Å². The van der Waals surface area contributed by atoms with E-state index < -0.39 is 0 Å². The van der Waals surface area contributed by atoms with Gasteiger partial charge in [-0.2, -0.15) is 0 Å². The molecule has 1 N–H and O–H groups in total. The van der Waals surface area contributed by atoms with Crippen LogP contribution in [0.15, 0.2) is 24.3 Å². The fourth-order valence-corrected chi connectivity index (χ4v) is 3.37. The topological polar surface area (TPSA) is 76.6 Å². The van der Waals surface area contributed by atoms with Crippen LogP contribution in [-0.4, -0.2) is 40.7 Å². The third kappa shape index (κ3) is 3.42. The SMILES string of the molecule is Cc1cc(C(=O)N2CCCC(C)C2)nc(Nc2ccc3c(c2)OCO3)n1. The molecule has 1 atom stereocenters. The standard InChI is InChI=1S/C19H22N4O3/c1-12-4-3-7-23(10-12)18(24)15-8-13(2)20-19(22-15)21-14-5-6-16-17(9-14)26-11-25-16/h5-6,8-9,12H,3-4,7,10-11H2,1-2H3,(H,20,21,22). The third-order valence-electron chi connectivity index (χ3n) is 4.65. The number of hydrogen-bond acceptors (Lipinski definition) is 6. The molecule has 0 aliphatic carbocycles. The van der Waals surface area contributed by atoms with E-state index in [0.717, 1.165) is 36.6 Å². The molecule has 1 saturated heterocycles. The zero-order valence-electron chi connectivity index (χ0n) is 15.0. The molecule has 2 aliphatic rings. The van der Waals surface area contributed by atoms with E-state index in [1.54, 1.807) is 6.07 Å². The molecule has 1 aromatic carbocycles. The van der Waals surface area contributed by atoms with Crippen molar-refractivity contribution in [2.24, 2.45) is 5.92 Å². The van der Waals surface area contributed by atoms with Crippen molar-refractivity contribution in [1.29, 1.82) is 0 Å². The summed E-state index contributed by atoms with van der Waals surface area (Å²) in [5, 5.41) is 3.15. The molecule has 1 aromatic heterocycles. The molecule has 1 fully saturated rings. The minimum Gasteiger partial charge on any atom is -0.454 e. The Labute approximate surface area is 152 Å². The maximum atomic E-state index is 12.8. The average molecular weight is 354 g/mol. The Bertz CT molecular complexity index is 840. The highest BCUT2D eigenvalue weighted by Crippen LogP contribution is 2.34. The van der Waals surface area contributed by atoms with Crippen molar-refractivity contribution in [3.8, 4) is 11.5 Å². The van der Waals surface area contributed by atoms with E-state index in [1.165, 1.54) is 6.42 Å². The molecule has 0 spiro atoms. The third-order valence-corrected chi connectivity index (χ3v) is 4.65. The summed E-state index contributed by atoms with van der Waals surface area (Å²) in [5.41, 5.74) is 1.95. The quantitative estimate of drug-likeness (QED) is 0.913. The molecule has 4 rings (SSSR count). The largest absolute Gasteiger partial charge is 0.454 e. The van der Waals surface area contributed by atoms with Gasteiger partial charge in [0.15, 0.2) is 11.5 Å². The van der Waals surface area contributed by atoms with Crippen LogP contribution in [0.4, 0.5) is 11.6 Å². The first-order valence-electron chi connectivity index (χ1n) is 8.90. The lowest BCUT2D eigenvalue weighted by Crippen LogP contribution is -2.39. The number of likely N-dealkylation sites (tertiary alicyclic amines) is 1. The molecule has 7 heteroatoms. The summed E-state index contributed by atoms with van der Waals surface area (Å²) < 4.78 is 10.7. The monoisotopic (exact) mass is 354 g/mol. The van der Waals surface area contributed by atoms with E-state index in [-0.39, 0.29) is 12.7 Å². The normalized spacial score (nSPS) is 18.7. The number of fused-ring (bicyclic) bond motifs is 1. The van der Waals surface area contributed by atoms with Gasteiger partial charge >= 0.3 is 0 Å². The number of carbonyl (C=O) groups excluding carboxylic acids is 1. The summed E-state index contributed by atoms with van der Waals surface area (Å²) in [6.07, 6.45) is 2.21. The highest BCUT2D eigenvalue weighted by Gasteiger charge is 2.23. The Kier molecular flexibility index (Phi) is 4.36. The van der Waals surface area contributed by atoms with Gasteiger partial charge in [-0.15, -0.1) is 0 Å². The molecule has 2 aromatic rings. The number of hydrogen-bond donors (Lipinski definition) is 1. The molecule has 1 amide bonds. The number of anilines is 2. The van der Waals surface area contributed by atoms with Crippen LogP contribution in [0, 0.1) is 12.8 Å². The van der Waals surface area contributed by atoms with Gasteiger partial charge in [0.2, 0.25) is 12.7 Å². The van der Waals surface area contributed by atoms with E-state index in [2.05, 4.69) is 22.2 Å². The van der Waals surface area contributed by atoms with Crippen LogP contribution in [0.5, 0.6) is 11.5 Å². The van der Waals surface area contributed by atoms with Crippen molar-refractivity contribution in [2.45, 2.75) is 26.7 Å². The maximum Gasteiger partial charge on any atom is 0.272 e. The summed E-state index contributed by atoms with van der Waals surface area (Å²) in [6.45, 7) is 5.84. The van der Waals surface area contributed by atoms with Gasteiger partial charge < -0.3 is 19.7 Å². The average Bonchev–Trinajstić information content (AvgIpc) is 3.08. The van der Waals surface area contributed by atoms with Gasteiger partial charge in [0.05, 0.1) is 0 Å². The highest BCUT2D eigenvalue weighted by atomic mass is 16.7. The van der Waals surface area contributed by atoms with Crippen LogP contribution >= 0.6 is 0 Å². The molecule has 0 radical (unpaired) electrons. The molecule has 2 aliphatic heterocycles. The Morgan fingerprint density at radius 1 is 1.23 bits per heavy atom. The summed E-state index contributed by atoms with van der Waals surface area (Å²) in [7, 11) is 0. The second-order valence-corrected chi connectivity index (χ2v) is 6.91. The van der Waals surface area contributed by atoms with Crippen molar-refractivity contribution in [2.75, 3.05) is 25.2 Å². The van der Waals surface area contributed by atoms with Gasteiger partial charge in [0, 0.05) is 30.5 Å². The highest BCUT2D eigenvalue weighted by molar-refractivity contribution is 5.92. The number of piperidine rings is 1. The van der Waals surface area contributed by atoms with Crippen molar-refractivity contribution >= 4 is 17.5 Å². The number of nitrogens with one attached hydrogen (secondary N) is 1. The number of benzene rings is 1. The van der Waals surface area contributed by atoms with Crippen LogP contribution in [0.25, 0.3) is 0 Å². The van der Waals surface area contributed by atoms with Crippen molar-refractivity contribution in [1.82, 2.24) is 14.9 Å². The zero-order chi connectivity index (χ0) is 18.1. The number of amides is 1. The minimum absolute atomic E-state index is 0.0317. The number of nitrogens with zero attached hydrogens (tertiary/aromatic N) is 3. The van der Waals surface area contributed by atoms with Crippen LogP contribution in [0.2, 0.25) is 0 Å². The molecule has 0 saturated carbocycles. The van der Waals surface area contributed by atoms with E-state index >= 15 is 0 Å². The molecule has 0 bridgehead atoms. The van der Waals surface area contributed by atoms with Crippen molar-refractivity contribution in [3.63, 3.8) is 0 Å². The molecule has 3 heterocycles. The van der Waals surface area contributed by atoms with Gasteiger partial charge in [0.25, 0.3) is 5.91 Å². The first-order valence-corrected chi connectivity index (χ1v) is 8.90. The maximum absolute atomic E-state index is 12.8. The van der Waals surface area contributed by atoms with E-state index in [0.29, 0.717) is 23.3 Å². The summed E-state index contributed by atoms with van der Waals surface area (Å²) >= 11 is 0. The smallest absolute Gasteiger partial charge is 0.272 e. The number of aryl methyl sites for hydroxylation is 1. The van der Waals surface area contributed by atoms with Crippen molar-refractivity contribution in [3.05, 3.63) is 35.7 Å². The first kappa shape index (κ1) is 16.6. The molecule has 136 valence electrons. The van der Waals surface area contributed by atoms with Crippen LogP contribution in [0.1, 0.15) is 35.9 Å². The fraction of sp³-hybridized carbons (Fsp3) is 0.421. The molecule has 26 heavy (non-hydrogen) atoms. The molecular formula is C19H22N4O3. The number of rotatable bonds is 3. The first-order chi connectivity index (χ1) is 12.6. The minimum atomic E-state index is -0.0317. The van der Waals surface area contributed by atoms with Gasteiger partial charge in [-0.3, -0.25) is 4.79 Å². The Morgan fingerprint density at radius 3 is 2.92 bits per heavy atom. The second-order valence-electron chi connectivity index (χ2n) is 6.91. The lowest BCUT2D eigenvalue weighted by atomic mass is 10.00. The van der Waals surface area contributed by atoms with E-state index in [1.807, 2.05) is 30.0 Å². The Balaban J connectivity index is 1.55. The van der Waals surface area contributed by atoms with Crippen molar-refractivity contribution < 1.29 is 14.3 Å². The predicted octanol–water partition coefficient (Wildman–Crippen LogP) is 3.13. The Morgan fingerprint density at radius 2 is 2.08 bits per heavy atom. The summed E-state index contributed by atoms with van der Waals surface area (Å²) in [5.74, 6) is 2.30. The number of ether oxygens (including phenoxy) is 2. The summed E-state index contributed by atoms with van der Waals surface area (Å²) in [6, 6.07) is 7.28. The van der Waals surface area contributed by atoms with E-state index in [9.17, 15) is 4.79 Å². The zero-order valence-corrected chi connectivity index (χ0v) is 15.0. The molecular weight excluding hydrogens is 332 g/mol. The van der Waals surface area contributed by atoms with Gasteiger partial charge in [0.1, 0.15) is 5.69 Å². The second kappa shape index (κ2) is 6.82. The van der Waals surface area contributed by atoms with Gasteiger partial charge in [-0.1, -0.05) is 6.92 Å². The molecule has 7 nitrogen and oxygen atoms in total.